The van der Waals surface area contributed by atoms with E-state index in [2.05, 4.69) is 9.97 Å². The number of nitrogens with zero attached hydrogens (tertiary/aromatic N) is 2. The molecule has 3 N–H and O–H groups in total. The molecule has 1 aliphatic heterocycles. The molecule has 0 bridgehead atoms. The van der Waals surface area contributed by atoms with Gasteiger partial charge in [0.15, 0.2) is 5.82 Å². The maximum absolute atomic E-state index is 11.4. The summed E-state index contributed by atoms with van der Waals surface area (Å²) in [6, 6.07) is 0.158. The number of piperidine rings is 1. The van der Waals surface area contributed by atoms with Crippen LogP contribution in [-0.4, -0.2) is 29.1 Å². The van der Waals surface area contributed by atoms with E-state index in [1.165, 1.54) is 6.20 Å². The molecule has 1 atom stereocenters. The minimum atomic E-state index is -0.137. The average molecular weight is 194 g/mol. The van der Waals surface area contributed by atoms with Crippen LogP contribution < -0.4 is 16.2 Å². The van der Waals surface area contributed by atoms with Gasteiger partial charge in [0.2, 0.25) is 0 Å². The van der Waals surface area contributed by atoms with Crippen molar-refractivity contribution in [2.75, 3.05) is 18.0 Å². The summed E-state index contributed by atoms with van der Waals surface area (Å²) in [5.41, 5.74) is 5.69. The second-order valence-electron chi connectivity index (χ2n) is 3.59. The van der Waals surface area contributed by atoms with Crippen LogP contribution in [-0.2, 0) is 0 Å². The fraction of sp³-hybridized carbons (Fsp3) is 0.556. The second-order valence-corrected chi connectivity index (χ2v) is 3.59. The molecule has 5 nitrogen and oxygen atoms in total. The molecule has 0 aromatic carbocycles. The fourth-order valence-corrected chi connectivity index (χ4v) is 1.77. The highest BCUT2D eigenvalue weighted by Gasteiger charge is 2.19. The van der Waals surface area contributed by atoms with Crippen LogP contribution >= 0.6 is 0 Å². The van der Waals surface area contributed by atoms with E-state index in [0.717, 1.165) is 25.9 Å². The highest BCUT2D eigenvalue weighted by molar-refractivity contribution is 5.35. The topological polar surface area (TPSA) is 75.0 Å². The summed E-state index contributed by atoms with van der Waals surface area (Å²) in [7, 11) is 0. The summed E-state index contributed by atoms with van der Waals surface area (Å²) in [4.78, 5) is 20.1. The summed E-state index contributed by atoms with van der Waals surface area (Å²) in [6.45, 7) is 1.59. The molecule has 5 heteroatoms. The van der Waals surface area contributed by atoms with Gasteiger partial charge in [-0.05, 0) is 12.8 Å². The van der Waals surface area contributed by atoms with Gasteiger partial charge in [0.1, 0.15) is 0 Å². The Bertz CT molecular complexity index is 362. The van der Waals surface area contributed by atoms with Gasteiger partial charge in [-0.25, -0.2) is 4.98 Å². The molecule has 14 heavy (non-hydrogen) atoms. The highest BCUT2D eigenvalue weighted by Crippen LogP contribution is 2.12. The fourth-order valence-electron chi connectivity index (χ4n) is 1.77. The molecular formula is C9H14N4O. The third-order valence-electron chi connectivity index (χ3n) is 2.45. The van der Waals surface area contributed by atoms with Crippen molar-refractivity contribution in [3.05, 3.63) is 22.7 Å². The number of rotatable bonds is 1. The number of nitrogens with one attached hydrogen (secondary N) is 1. The Morgan fingerprint density at radius 1 is 1.64 bits per heavy atom. The van der Waals surface area contributed by atoms with Crippen molar-refractivity contribution in [3.8, 4) is 0 Å². The Balaban J connectivity index is 2.22. The lowest BCUT2D eigenvalue weighted by molar-refractivity contribution is 0.502. The van der Waals surface area contributed by atoms with Crippen LogP contribution in [0.25, 0.3) is 0 Å². The molecule has 2 heterocycles. The number of hydrogen-bond donors (Lipinski definition) is 2. The third-order valence-corrected chi connectivity index (χ3v) is 2.45. The lowest BCUT2D eigenvalue weighted by Crippen LogP contribution is -2.45. The lowest BCUT2D eigenvalue weighted by atomic mass is 10.1. The van der Waals surface area contributed by atoms with Gasteiger partial charge in [-0.15, -0.1) is 0 Å². The van der Waals surface area contributed by atoms with Gasteiger partial charge in [-0.3, -0.25) is 4.79 Å². The second kappa shape index (κ2) is 3.79. The normalized spacial score (nSPS) is 22.4. The highest BCUT2D eigenvalue weighted by atomic mass is 16.1. The quantitative estimate of drug-likeness (QED) is 0.643. The molecule has 76 valence electrons. The number of nitrogens with two attached hydrogens (primary N) is 1. The average Bonchev–Trinajstić information content (AvgIpc) is 2.18. The van der Waals surface area contributed by atoms with Crippen LogP contribution in [0.1, 0.15) is 12.8 Å². The number of aromatic nitrogens is 2. The van der Waals surface area contributed by atoms with E-state index < -0.39 is 0 Å². The Morgan fingerprint density at radius 2 is 2.50 bits per heavy atom. The molecule has 0 spiro atoms. The monoisotopic (exact) mass is 194 g/mol. The summed E-state index contributed by atoms with van der Waals surface area (Å²) in [5, 5.41) is 0. The molecule has 1 fully saturated rings. The van der Waals surface area contributed by atoms with E-state index in [1.807, 2.05) is 4.90 Å². The van der Waals surface area contributed by atoms with Gasteiger partial charge in [0, 0.05) is 31.5 Å². The Kier molecular flexibility index (Phi) is 2.49. The number of aromatic amines is 1. The third kappa shape index (κ3) is 1.77. The maximum atomic E-state index is 11.4. The largest absolute Gasteiger partial charge is 0.350 e. The lowest BCUT2D eigenvalue weighted by Gasteiger charge is -2.30. The Labute approximate surface area is 82.0 Å². The van der Waals surface area contributed by atoms with Crippen LogP contribution in [0.4, 0.5) is 5.82 Å². The summed E-state index contributed by atoms with van der Waals surface area (Å²) in [5.74, 6) is 0.489. The van der Waals surface area contributed by atoms with E-state index in [-0.39, 0.29) is 11.6 Å². The van der Waals surface area contributed by atoms with Crippen molar-refractivity contribution < 1.29 is 0 Å². The summed E-state index contributed by atoms with van der Waals surface area (Å²) >= 11 is 0. The first kappa shape index (κ1) is 9.21. The van der Waals surface area contributed by atoms with Crippen LogP contribution in [0.5, 0.6) is 0 Å². The SMILES string of the molecule is N[C@H]1CCCN(c2ncc[nH]c2=O)C1. The van der Waals surface area contributed by atoms with Crippen LogP contribution in [0.2, 0.25) is 0 Å². The molecule has 1 aromatic rings. The van der Waals surface area contributed by atoms with Crippen molar-refractivity contribution in [2.45, 2.75) is 18.9 Å². The molecule has 1 aromatic heterocycles. The molecule has 1 aliphatic rings. The maximum Gasteiger partial charge on any atom is 0.290 e. The first-order valence-corrected chi connectivity index (χ1v) is 4.81. The number of H-pyrrole nitrogens is 1. The minimum absolute atomic E-state index is 0.137. The zero-order chi connectivity index (χ0) is 9.97. The van der Waals surface area contributed by atoms with Gasteiger partial charge in [-0.1, -0.05) is 0 Å². The zero-order valence-corrected chi connectivity index (χ0v) is 7.94. The van der Waals surface area contributed by atoms with Crippen LogP contribution in [0.3, 0.4) is 0 Å². The van der Waals surface area contributed by atoms with E-state index >= 15 is 0 Å². The summed E-state index contributed by atoms with van der Waals surface area (Å²) < 4.78 is 0. The molecule has 2 rings (SSSR count). The van der Waals surface area contributed by atoms with Gasteiger partial charge >= 0.3 is 0 Å². The Morgan fingerprint density at radius 3 is 3.21 bits per heavy atom. The molecule has 0 amide bonds. The van der Waals surface area contributed by atoms with E-state index in [1.54, 1.807) is 6.20 Å². The standard InChI is InChI=1S/C9H14N4O/c10-7-2-1-5-13(6-7)8-9(14)12-4-3-11-8/h3-4,7H,1-2,5-6,10H2,(H,12,14)/t7-/m0/s1. The predicted molar refractivity (Wildman–Crippen MR) is 54.3 cm³/mol. The number of hydrogen-bond acceptors (Lipinski definition) is 4. The van der Waals surface area contributed by atoms with Gasteiger partial charge in [-0.2, -0.15) is 0 Å². The van der Waals surface area contributed by atoms with Crippen LogP contribution in [0, 0.1) is 0 Å². The zero-order valence-electron chi connectivity index (χ0n) is 7.94. The summed E-state index contributed by atoms with van der Waals surface area (Å²) in [6.07, 6.45) is 5.19. The van der Waals surface area contributed by atoms with Crippen molar-refractivity contribution >= 4 is 5.82 Å². The van der Waals surface area contributed by atoms with E-state index in [9.17, 15) is 4.79 Å². The first-order chi connectivity index (χ1) is 6.77. The van der Waals surface area contributed by atoms with E-state index in [0.29, 0.717) is 5.82 Å². The number of anilines is 1. The van der Waals surface area contributed by atoms with E-state index in [4.69, 9.17) is 5.73 Å². The molecule has 0 radical (unpaired) electrons. The van der Waals surface area contributed by atoms with Crippen molar-refractivity contribution in [1.82, 2.24) is 9.97 Å². The van der Waals surface area contributed by atoms with Gasteiger partial charge in [0.05, 0.1) is 0 Å². The predicted octanol–water partition coefficient (Wildman–Crippen LogP) is -0.303. The molecule has 1 saturated heterocycles. The first-order valence-electron chi connectivity index (χ1n) is 4.81. The van der Waals surface area contributed by atoms with Crippen LogP contribution in [0.15, 0.2) is 17.2 Å². The van der Waals surface area contributed by atoms with Gasteiger partial charge < -0.3 is 15.6 Å². The Hall–Kier alpha value is -1.36. The van der Waals surface area contributed by atoms with Crippen molar-refractivity contribution in [1.29, 1.82) is 0 Å². The molecular weight excluding hydrogens is 180 g/mol. The smallest absolute Gasteiger partial charge is 0.290 e. The van der Waals surface area contributed by atoms with Crippen molar-refractivity contribution in [2.24, 2.45) is 5.73 Å². The van der Waals surface area contributed by atoms with Crippen molar-refractivity contribution in [3.63, 3.8) is 0 Å². The molecule has 0 unspecified atom stereocenters. The molecule has 0 aliphatic carbocycles. The van der Waals surface area contributed by atoms with Gasteiger partial charge in [0.25, 0.3) is 5.56 Å². The minimum Gasteiger partial charge on any atom is -0.350 e. The molecule has 0 saturated carbocycles.